The molecule has 1 N–H and O–H groups in total. The van der Waals surface area contributed by atoms with Crippen LogP contribution >= 0.6 is 0 Å². The molecular weight excluding hydrogens is 396 g/mol. The van der Waals surface area contributed by atoms with Crippen molar-refractivity contribution >= 4 is 11.8 Å². The molecule has 0 aliphatic heterocycles. The highest BCUT2D eigenvalue weighted by molar-refractivity contribution is 5.91. The largest absolute Gasteiger partial charge is 0.481 e. The van der Waals surface area contributed by atoms with Crippen LogP contribution in [0.4, 0.5) is 0 Å². The van der Waals surface area contributed by atoms with E-state index in [1.807, 2.05) is 6.08 Å². The number of hydrogen-bond donors (Lipinski definition) is 1. The van der Waals surface area contributed by atoms with Gasteiger partial charge in [-0.2, -0.15) is 0 Å². The molecule has 3 saturated carbocycles. The van der Waals surface area contributed by atoms with Crippen LogP contribution in [0.1, 0.15) is 122 Å². The van der Waals surface area contributed by atoms with Gasteiger partial charge < -0.3 is 5.11 Å². The number of rotatable bonds is 11. The number of fused-ring (bicyclic) bond motifs is 5. The normalized spacial score (nSPS) is 36.2. The van der Waals surface area contributed by atoms with Gasteiger partial charge in [0.1, 0.15) is 0 Å². The molecule has 0 bridgehead atoms. The molecule has 4 aliphatic rings. The maximum atomic E-state index is 11.9. The summed E-state index contributed by atoms with van der Waals surface area (Å²) in [7, 11) is 0. The SMILES string of the molecule is C[C@]12CC[C@H]3[C@@H](CCC4=CC(=O)CC[C@@H]43)[C@@H]1CCC2CCCCCCCCCCC(=O)O. The fraction of sp³-hybridized carbons (Fsp3) is 0.862. The molecule has 0 aromatic heterocycles. The standard InChI is InChI=1S/C29H46O3/c1-29-19-18-25-24-16-14-23(30)20-21(24)12-15-26(25)27(29)17-13-22(29)10-8-6-4-2-3-5-7-9-11-28(31)32/h20,22,24-27H,2-19H2,1H3,(H,31,32)/t22?,24-,25+,26+,27-,29+/m0/s1. The van der Waals surface area contributed by atoms with Crippen molar-refractivity contribution in [2.45, 2.75) is 122 Å². The number of carbonyl (C=O) groups is 2. The summed E-state index contributed by atoms with van der Waals surface area (Å²) in [6.07, 6.45) is 23.9. The van der Waals surface area contributed by atoms with Gasteiger partial charge in [-0.05, 0) is 98.9 Å². The summed E-state index contributed by atoms with van der Waals surface area (Å²) in [6, 6.07) is 0. The van der Waals surface area contributed by atoms with E-state index in [1.165, 1.54) is 89.0 Å². The van der Waals surface area contributed by atoms with Gasteiger partial charge in [0.15, 0.2) is 5.78 Å². The molecule has 3 nitrogen and oxygen atoms in total. The molecule has 4 rings (SSSR count). The van der Waals surface area contributed by atoms with E-state index in [9.17, 15) is 9.59 Å². The van der Waals surface area contributed by atoms with Crippen LogP contribution in [-0.4, -0.2) is 16.9 Å². The molecule has 3 heteroatoms. The summed E-state index contributed by atoms with van der Waals surface area (Å²) >= 11 is 0. The first-order valence-electron chi connectivity index (χ1n) is 13.9. The number of aliphatic carboxylic acids is 1. The van der Waals surface area contributed by atoms with Gasteiger partial charge in [0.2, 0.25) is 0 Å². The first kappa shape index (κ1) is 24.0. The number of unbranched alkanes of at least 4 members (excludes halogenated alkanes) is 7. The fourth-order valence-corrected chi connectivity index (χ4v) is 8.49. The predicted molar refractivity (Wildman–Crippen MR) is 129 cm³/mol. The third kappa shape index (κ3) is 5.33. The second-order valence-electron chi connectivity index (χ2n) is 11.9. The van der Waals surface area contributed by atoms with Gasteiger partial charge in [-0.15, -0.1) is 0 Å². The van der Waals surface area contributed by atoms with Gasteiger partial charge in [-0.3, -0.25) is 9.59 Å². The van der Waals surface area contributed by atoms with Crippen molar-refractivity contribution in [3.05, 3.63) is 11.6 Å². The van der Waals surface area contributed by atoms with Crippen LogP contribution in [0.2, 0.25) is 0 Å². The van der Waals surface area contributed by atoms with Crippen LogP contribution in [0.3, 0.4) is 0 Å². The van der Waals surface area contributed by atoms with Crippen molar-refractivity contribution in [3.63, 3.8) is 0 Å². The Morgan fingerprint density at radius 3 is 2.38 bits per heavy atom. The minimum Gasteiger partial charge on any atom is -0.481 e. The maximum Gasteiger partial charge on any atom is 0.303 e. The minimum absolute atomic E-state index is 0.334. The molecule has 0 spiro atoms. The van der Waals surface area contributed by atoms with Crippen LogP contribution in [0, 0.1) is 35.0 Å². The van der Waals surface area contributed by atoms with Crippen molar-refractivity contribution in [1.82, 2.24) is 0 Å². The van der Waals surface area contributed by atoms with Crippen LogP contribution < -0.4 is 0 Å². The van der Waals surface area contributed by atoms with E-state index in [-0.39, 0.29) is 0 Å². The Hall–Kier alpha value is -1.12. The van der Waals surface area contributed by atoms with Gasteiger partial charge in [-0.25, -0.2) is 0 Å². The lowest BCUT2D eigenvalue weighted by Gasteiger charge is -2.54. The van der Waals surface area contributed by atoms with Gasteiger partial charge in [0.05, 0.1) is 0 Å². The Bertz CT molecular complexity index is 695. The van der Waals surface area contributed by atoms with Gasteiger partial charge >= 0.3 is 5.97 Å². The first-order chi connectivity index (χ1) is 15.5. The zero-order valence-electron chi connectivity index (χ0n) is 20.5. The Kier molecular flexibility index (Phi) is 8.16. The van der Waals surface area contributed by atoms with Gasteiger partial charge in [0.25, 0.3) is 0 Å². The lowest BCUT2D eigenvalue weighted by Crippen LogP contribution is -2.46. The summed E-state index contributed by atoms with van der Waals surface area (Å²) in [5.41, 5.74) is 2.10. The zero-order chi connectivity index (χ0) is 22.6. The molecule has 1 unspecified atom stereocenters. The lowest BCUT2D eigenvalue weighted by molar-refractivity contribution is -0.137. The summed E-state index contributed by atoms with van der Waals surface area (Å²) < 4.78 is 0. The molecular formula is C29H46O3. The molecule has 6 atom stereocenters. The second kappa shape index (κ2) is 10.9. The van der Waals surface area contributed by atoms with Crippen molar-refractivity contribution in [3.8, 4) is 0 Å². The van der Waals surface area contributed by atoms with Crippen molar-refractivity contribution < 1.29 is 14.7 Å². The average molecular weight is 443 g/mol. The van der Waals surface area contributed by atoms with E-state index in [0.717, 1.165) is 55.3 Å². The molecule has 0 amide bonds. The highest BCUT2D eigenvalue weighted by Crippen LogP contribution is 2.64. The maximum absolute atomic E-state index is 11.9. The summed E-state index contributed by atoms with van der Waals surface area (Å²) in [5, 5.41) is 8.69. The number of ketones is 1. The average Bonchev–Trinajstić information content (AvgIpc) is 3.10. The van der Waals surface area contributed by atoms with Crippen LogP contribution in [0.5, 0.6) is 0 Å². The van der Waals surface area contributed by atoms with Crippen LogP contribution in [0.25, 0.3) is 0 Å². The molecule has 32 heavy (non-hydrogen) atoms. The second-order valence-corrected chi connectivity index (χ2v) is 11.9. The molecule has 0 saturated heterocycles. The molecule has 180 valence electrons. The third-order valence-corrected chi connectivity index (χ3v) is 10.2. The summed E-state index contributed by atoms with van der Waals surface area (Å²) in [5.74, 6) is 4.14. The Balaban J connectivity index is 1.17. The Morgan fingerprint density at radius 2 is 1.62 bits per heavy atom. The molecule has 0 aromatic carbocycles. The quantitative estimate of drug-likeness (QED) is 0.333. The Morgan fingerprint density at radius 1 is 0.906 bits per heavy atom. The summed E-state index contributed by atoms with van der Waals surface area (Å²) in [4.78, 5) is 22.5. The smallest absolute Gasteiger partial charge is 0.303 e. The van der Waals surface area contributed by atoms with Gasteiger partial charge in [-0.1, -0.05) is 57.4 Å². The monoisotopic (exact) mass is 442 g/mol. The van der Waals surface area contributed by atoms with E-state index < -0.39 is 5.97 Å². The Labute approximate surface area is 195 Å². The number of carboxylic acid groups (broad SMARTS) is 1. The lowest BCUT2D eigenvalue weighted by atomic mass is 9.51. The number of carboxylic acids is 1. The van der Waals surface area contributed by atoms with Crippen LogP contribution in [0.15, 0.2) is 11.6 Å². The van der Waals surface area contributed by atoms with E-state index in [0.29, 0.717) is 17.6 Å². The van der Waals surface area contributed by atoms with E-state index in [2.05, 4.69) is 6.92 Å². The van der Waals surface area contributed by atoms with Crippen LogP contribution in [-0.2, 0) is 9.59 Å². The van der Waals surface area contributed by atoms with E-state index in [4.69, 9.17) is 5.11 Å². The molecule has 4 aliphatic carbocycles. The fourth-order valence-electron chi connectivity index (χ4n) is 8.49. The first-order valence-corrected chi connectivity index (χ1v) is 13.9. The minimum atomic E-state index is -0.656. The van der Waals surface area contributed by atoms with Crippen molar-refractivity contribution in [2.24, 2.45) is 35.0 Å². The predicted octanol–water partition coefficient (Wildman–Crippen LogP) is 7.73. The molecule has 0 heterocycles. The van der Waals surface area contributed by atoms with E-state index in [1.54, 1.807) is 0 Å². The highest BCUT2D eigenvalue weighted by atomic mass is 16.4. The topological polar surface area (TPSA) is 54.4 Å². The number of hydrogen-bond acceptors (Lipinski definition) is 2. The summed E-state index contributed by atoms with van der Waals surface area (Å²) in [6.45, 7) is 2.65. The van der Waals surface area contributed by atoms with Crippen molar-refractivity contribution in [2.75, 3.05) is 0 Å². The highest BCUT2D eigenvalue weighted by Gasteiger charge is 2.55. The van der Waals surface area contributed by atoms with Crippen molar-refractivity contribution in [1.29, 1.82) is 0 Å². The number of carbonyl (C=O) groups excluding carboxylic acids is 1. The zero-order valence-corrected chi connectivity index (χ0v) is 20.5. The third-order valence-electron chi connectivity index (χ3n) is 10.2. The number of allylic oxidation sites excluding steroid dienone is 1. The van der Waals surface area contributed by atoms with E-state index >= 15 is 0 Å². The molecule has 0 radical (unpaired) electrons. The molecule has 0 aromatic rings. The van der Waals surface area contributed by atoms with Gasteiger partial charge in [0, 0.05) is 12.8 Å². The molecule has 3 fully saturated rings.